The fourth-order valence-electron chi connectivity index (χ4n) is 2.27. The molecule has 1 aliphatic carbocycles. The van der Waals surface area contributed by atoms with Gasteiger partial charge in [0.2, 0.25) is 0 Å². The molecule has 14 heavy (non-hydrogen) atoms. The summed E-state index contributed by atoms with van der Waals surface area (Å²) >= 11 is 9.68. The molecule has 0 saturated heterocycles. The largest absolute Gasteiger partial charge is 0.293 e. The molecule has 0 aromatic rings. The number of hydrogen-bond acceptors (Lipinski definition) is 1. The summed E-state index contributed by atoms with van der Waals surface area (Å²) in [5.41, 5.74) is 1.49. The highest BCUT2D eigenvalue weighted by Gasteiger charge is 2.35. The molecule has 0 amide bonds. The van der Waals surface area contributed by atoms with Crippen molar-refractivity contribution >= 4 is 33.2 Å². The molecule has 1 nitrogen and oxygen atoms in total. The summed E-state index contributed by atoms with van der Waals surface area (Å²) in [5, 5.41) is 0.883. The molecule has 0 unspecified atom stereocenters. The Labute approximate surface area is 100 Å². The van der Waals surface area contributed by atoms with Crippen LogP contribution in [0.4, 0.5) is 0 Å². The van der Waals surface area contributed by atoms with E-state index in [1.54, 1.807) is 0 Å². The van der Waals surface area contributed by atoms with Crippen LogP contribution in [0.3, 0.4) is 0 Å². The maximum atomic E-state index is 6.14. The number of alkyl halides is 2. The van der Waals surface area contributed by atoms with Crippen LogP contribution < -0.4 is 0 Å². The van der Waals surface area contributed by atoms with Crippen LogP contribution in [0.2, 0.25) is 0 Å². The van der Waals surface area contributed by atoms with Crippen molar-refractivity contribution in [2.75, 3.05) is 17.8 Å². The van der Waals surface area contributed by atoms with Gasteiger partial charge in [0.15, 0.2) is 0 Å². The van der Waals surface area contributed by atoms with Crippen LogP contribution in [0.15, 0.2) is 4.99 Å². The summed E-state index contributed by atoms with van der Waals surface area (Å²) in [6.45, 7) is 2.97. The number of aliphatic imine (C=N–C) groups is 1. The third-order valence-electron chi connectivity index (χ3n) is 3.15. The Balaban J connectivity index is 2.79. The molecular formula is C11H19BrClN. The summed E-state index contributed by atoms with van der Waals surface area (Å²) in [6, 6.07) is 0. The molecular weight excluding hydrogens is 261 g/mol. The molecule has 1 saturated carbocycles. The molecule has 1 aliphatic rings. The average Bonchev–Trinajstić information content (AvgIpc) is 2.27. The first-order valence-electron chi connectivity index (χ1n) is 5.45. The minimum atomic E-state index is 0.208. The maximum absolute atomic E-state index is 6.14. The molecule has 0 N–H and O–H groups in total. The summed E-state index contributed by atoms with van der Waals surface area (Å²) in [4.78, 5) is 4.59. The van der Waals surface area contributed by atoms with Crippen molar-refractivity contribution in [3.63, 3.8) is 0 Å². The van der Waals surface area contributed by atoms with E-state index in [9.17, 15) is 0 Å². The maximum Gasteiger partial charge on any atom is 0.0418 e. The van der Waals surface area contributed by atoms with E-state index in [0.29, 0.717) is 0 Å². The Morgan fingerprint density at radius 2 is 2.00 bits per heavy atom. The van der Waals surface area contributed by atoms with Gasteiger partial charge in [-0.25, -0.2) is 0 Å². The quantitative estimate of drug-likeness (QED) is 0.544. The first kappa shape index (κ1) is 12.5. The van der Waals surface area contributed by atoms with E-state index >= 15 is 0 Å². The topological polar surface area (TPSA) is 12.4 Å². The molecule has 0 aromatic heterocycles. The Morgan fingerprint density at radius 3 is 2.43 bits per heavy atom. The summed E-state index contributed by atoms with van der Waals surface area (Å²) < 4.78 is 0. The Bertz CT molecular complexity index is 197. The third kappa shape index (κ3) is 2.73. The molecule has 0 bridgehead atoms. The lowest BCUT2D eigenvalue weighted by Crippen LogP contribution is -2.36. The Kier molecular flexibility index (Phi) is 5.47. The van der Waals surface area contributed by atoms with E-state index in [-0.39, 0.29) is 5.41 Å². The first-order chi connectivity index (χ1) is 6.79. The normalized spacial score (nSPS) is 22.4. The van der Waals surface area contributed by atoms with Gasteiger partial charge in [0, 0.05) is 28.9 Å². The highest BCUT2D eigenvalue weighted by atomic mass is 79.9. The zero-order valence-corrected chi connectivity index (χ0v) is 11.2. The summed E-state index contributed by atoms with van der Waals surface area (Å²) in [6.07, 6.45) is 6.42. The van der Waals surface area contributed by atoms with Crippen LogP contribution in [-0.2, 0) is 0 Å². The minimum Gasteiger partial charge on any atom is -0.293 e. The molecule has 0 atom stereocenters. The lowest BCUT2D eigenvalue weighted by Gasteiger charge is -2.36. The molecule has 0 radical (unpaired) electrons. The van der Waals surface area contributed by atoms with Crippen molar-refractivity contribution < 1.29 is 0 Å². The Hall–Kier alpha value is 0.440. The molecule has 82 valence electrons. The van der Waals surface area contributed by atoms with Gasteiger partial charge in [-0.3, -0.25) is 4.99 Å². The predicted molar refractivity (Wildman–Crippen MR) is 68.0 cm³/mol. The van der Waals surface area contributed by atoms with Crippen molar-refractivity contribution in [2.45, 2.75) is 39.0 Å². The van der Waals surface area contributed by atoms with E-state index in [4.69, 9.17) is 11.6 Å². The van der Waals surface area contributed by atoms with E-state index in [1.807, 2.05) is 0 Å². The molecule has 0 spiro atoms. The highest BCUT2D eigenvalue weighted by molar-refractivity contribution is 9.09. The Morgan fingerprint density at radius 1 is 1.36 bits per heavy atom. The number of rotatable bonds is 4. The van der Waals surface area contributed by atoms with Gasteiger partial charge < -0.3 is 0 Å². The monoisotopic (exact) mass is 279 g/mol. The predicted octanol–water partition coefficient (Wildman–Crippen LogP) is 4.03. The standard InChI is InChI=1S/C11H19BrClN/c1-2-14-10(8-12)11(9-13)6-4-3-5-7-11/h2-9H2,1H3. The van der Waals surface area contributed by atoms with Crippen molar-refractivity contribution in [1.29, 1.82) is 0 Å². The summed E-state index contributed by atoms with van der Waals surface area (Å²) in [5.74, 6) is 0.734. The van der Waals surface area contributed by atoms with Crippen molar-refractivity contribution in [3.8, 4) is 0 Å². The third-order valence-corrected chi connectivity index (χ3v) is 4.20. The van der Waals surface area contributed by atoms with Crippen LogP contribution in [0.25, 0.3) is 0 Å². The second-order valence-corrected chi connectivity index (χ2v) is 4.86. The van der Waals surface area contributed by atoms with Crippen LogP contribution in [-0.4, -0.2) is 23.5 Å². The van der Waals surface area contributed by atoms with Gasteiger partial charge in [0.25, 0.3) is 0 Å². The van der Waals surface area contributed by atoms with Crippen LogP contribution >= 0.6 is 27.5 Å². The first-order valence-corrected chi connectivity index (χ1v) is 7.10. The van der Waals surface area contributed by atoms with Crippen LogP contribution in [0.5, 0.6) is 0 Å². The van der Waals surface area contributed by atoms with Gasteiger partial charge >= 0.3 is 0 Å². The van der Waals surface area contributed by atoms with Gasteiger partial charge in [-0.05, 0) is 19.8 Å². The molecule has 0 aliphatic heterocycles. The van der Waals surface area contributed by atoms with Gasteiger partial charge in [0.05, 0.1) is 0 Å². The van der Waals surface area contributed by atoms with E-state index in [1.165, 1.54) is 37.8 Å². The second kappa shape index (κ2) is 6.12. The molecule has 0 aromatic carbocycles. The molecule has 0 heterocycles. The lowest BCUT2D eigenvalue weighted by atomic mass is 9.72. The number of nitrogens with zero attached hydrogens (tertiary/aromatic N) is 1. The zero-order chi connectivity index (χ0) is 10.4. The van der Waals surface area contributed by atoms with Crippen LogP contribution in [0, 0.1) is 5.41 Å². The summed E-state index contributed by atoms with van der Waals surface area (Å²) in [7, 11) is 0. The van der Waals surface area contributed by atoms with E-state index in [2.05, 4.69) is 27.8 Å². The highest BCUT2D eigenvalue weighted by Crippen LogP contribution is 2.39. The smallest absolute Gasteiger partial charge is 0.0418 e. The number of halogens is 2. The average molecular weight is 281 g/mol. The molecule has 1 fully saturated rings. The van der Waals surface area contributed by atoms with Gasteiger partial charge in [-0.2, -0.15) is 0 Å². The van der Waals surface area contributed by atoms with Crippen molar-refractivity contribution in [1.82, 2.24) is 0 Å². The van der Waals surface area contributed by atoms with Gasteiger partial charge in [-0.15, -0.1) is 11.6 Å². The SMILES string of the molecule is CCN=C(CBr)C1(CCl)CCCCC1. The number of hydrogen-bond donors (Lipinski definition) is 0. The van der Waals surface area contributed by atoms with Gasteiger partial charge in [-0.1, -0.05) is 35.2 Å². The second-order valence-electron chi connectivity index (χ2n) is 4.03. The fraction of sp³-hybridized carbons (Fsp3) is 0.909. The van der Waals surface area contributed by atoms with Crippen LogP contribution in [0.1, 0.15) is 39.0 Å². The van der Waals surface area contributed by atoms with E-state index in [0.717, 1.165) is 17.8 Å². The lowest BCUT2D eigenvalue weighted by molar-refractivity contribution is 0.315. The zero-order valence-electron chi connectivity index (χ0n) is 8.86. The van der Waals surface area contributed by atoms with Crippen molar-refractivity contribution in [3.05, 3.63) is 0 Å². The minimum absolute atomic E-state index is 0.208. The molecule has 1 rings (SSSR count). The van der Waals surface area contributed by atoms with E-state index < -0.39 is 0 Å². The van der Waals surface area contributed by atoms with Crippen molar-refractivity contribution in [2.24, 2.45) is 10.4 Å². The van der Waals surface area contributed by atoms with Gasteiger partial charge in [0.1, 0.15) is 0 Å². The molecule has 3 heteroatoms. The fourth-order valence-corrected chi connectivity index (χ4v) is 3.46.